The van der Waals surface area contributed by atoms with Crippen LogP contribution in [0.5, 0.6) is 5.75 Å². The van der Waals surface area contributed by atoms with E-state index in [1.54, 1.807) is 25.4 Å². The summed E-state index contributed by atoms with van der Waals surface area (Å²) in [6.07, 6.45) is 1.82. The fourth-order valence-corrected chi connectivity index (χ4v) is 4.26. The van der Waals surface area contributed by atoms with Gasteiger partial charge in [0.15, 0.2) is 5.13 Å². The van der Waals surface area contributed by atoms with Gasteiger partial charge in [0.1, 0.15) is 5.75 Å². The molecule has 1 N–H and O–H groups in total. The summed E-state index contributed by atoms with van der Waals surface area (Å²) < 4.78 is 11.7. The summed E-state index contributed by atoms with van der Waals surface area (Å²) in [7, 11) is 1.66. The van der Waals surface area contributed by atoms with Crippen molar-refractivity contribution in [3.63, 3.8) is 0 Å². The van der Waals surface area contributed by atoms with E-state index in [0.29, 0.717) is 18.3 Å². The van der Waals surface area contributed by atoms with E-state index in [0.717, 1.165) is 40.5 Å². The molecule has 2 aromatic heterocycles. The fraction of sp³-hybridized carbons (Fsp3) is 0.444. The summed E-state index contributed by atoms with van der Waals surface area (Å²) in [4.78, 5) is 19.5. The number of anilines is 1. The summed E-state index contributed by atoms with van der Waals surface area (Å²) >= 11 is 1.63. The molecule has 0 bridgehead atoms. The number of hydrogen-bond acceptors (Lipinski definition) is 8. The predicted octanol–water partition coefficient (Wildman–Crippen LogP) is 2.53. The molecule has 1 aliphatic heterocycles. The van der Waals surface area contributed by atoms with Crippen molar-refractivity contribution in [2.75, 3.05) is 25.1 Å². The zero-order valence-electron chi connectivity index (χ0n) is 15.3. The Balaban J connectivity index is 1.42. The maximum atomic E-state index is 12.5. The highest BCUT2D eigenvalue weighted by molar-refractivity contribution is 7.22. The minimum absolute atomic E-state index is 0.0123. The van der Waals surface area contributed by atoms with Gasteiger partial charge in [-0.05, 0) is 31.0 Å². The zero-order chi connectivity index (χ0) is 18.8. The van der Waals surface area contributed by atoms with Crippen LogP contribution >= 0.6 is 11.3 Å². The summed E-state index contributed by atoms with van der Waals surface area (Å²) in [6, 6.07) is 5.88. The Morgan fingerprint density at radius 3 is 3.11 bits per heavy atom. The number of methoxy groups -OCH3 is 1. The first-order valence-electron chi connectivity index (χ1n) is 8.88. The number of aromatic nitrogens is 3. The van der Waals surface area contributed by atoms with Crippen LogP contribution in [-0.2, 0) is 11.3 Å². The molecule has 1 saturated heterocycles. The van der Waals surface area contributed by atoms with Crippen LogP contribution in [-0.4, -0.2) is 41.3 Å². The Morgan fingerprint density at radius 2 is 2.33 bits per heavy atom. The molecule has 4 rings (SSSR count). The molecule has 3 aromatic rings. The smallest absolute Gasteiger partial charge is 0.235 e. The van der Waals surface area contributed by atoms with Crippen molar-refractivity contribution in [3.05, 3.63) is 30.0 Å². The van der Waals surface area contributed by atoms with Crippen molar-refractivity contribution in [1.29, 1.82) is 0 Å². The summed E-state index contributed by atoms with van der Waals surface area (Å²) in [5.74, 6) is 1.68. The first-order chi connectivity index (χ1) is 13.1. The standard InChI is InChI=1S/C18H21N5O3S/c1-11-21-22-16(26-11)9-19-17(24)12-4-3-7-23(10-12)18-20-14-6-5-13(25-2)8-15(14)27-18/h5-6,8,12H,3-4,7,9-10H2,1-2H3,(H,19,24). The van der Waals surface area contributed by atoms with Crippen LogP contribution in [0.4, 0.5) is 5.13 Å². The lowest BCUT2D eigenvalue weighted by Gasteiger charge is -2.31. The molecule has 1 unspecified atom stereocenters. The number of piperidine rings is 1. The second-order valence-electron chi connectivity index (χ2n) is 6.55. The Hall–Kier alpha value is -2.68. The number of carbonyl (C=O) groups excluding carboxylic acids is 1. The summed E-state index contributed by atoms with van der Waals surface area (Å²) in [5.41, 5.74) is 0.953. The number of carbonyl (C=O) groups is 1. The van der Waals surface area contributed by atoms with Crippen molar-refractivity contribution in [2.24, 2.45) is 5.92 Å². The van der Waals surface area contributed by atoms with E-state index in [-0.39, 0.29) is 18.4 Å². The Labute approximate surface area is 160 Å². The second-order valence-corrected chi connectivity index (χ2v) is 7.56. The van der Waals surface area contributed by atoms with Crippen molar-refractivity contribution >= 4 is 32.6 Å². The molecule has 1 amide bonds. The molecule has 1 fully saturated rings. The summed E-state index contributed by atoms with van der Waals surface area (Å²) in [6.45, 7) is 3.55. The minimum atomic E-state index is -0.0793. The number of benzene rings is 1. The summed E-state index contributed by atoms with van der Waals surface area (Å²) in [5, 5.41) is 11.5. The van der Waals surface area contributed by atoms with Gasteiger partial charge in [0, 0.05) is 20.0 Å². The lowest BCUT2D eigenvalue weighted by Crippen LogP contribution is -2.43. The molecule has 27 heavy (non-hydrogen) atoms. The van der Waals surface area contributed by atoms with Crippen molar-refractivity contribution in [2.45, 2.75) is 26.3 Å². The van der Waals surface area contributed by atoms with E-state index in [9.17, 15) is 4.79 Å². The van der Waals surface area contributed by atoms with Gasteiger partial charge >= 0.3 is 0 Å². The van der Waals surface area contributed by atoms with Crippen LogP contribution < -0.4 is 15.0 Å². The SMILES string of the molecule is COc1ccc2nc(N3CCCC(C(=O)NCc4nnc(C)o4)C3)sc2c1. The molecular formula is C18H21N5O3S. The number of thiazole rings is 1. The molecule has 1 atom stereocenters. The third-order valence-electron chi connectivity index (χ3n) is 4.63. The highest BCUT2D eigenvalue weighted by atomic mass is 32.1. The molecule has 142 valence electrons. The molecule has 1 aromatic carbocycles. The van der Waals surface area contributed by atoms with E-state index in [4.69, 9.17) is 14.1 Å². The Bertz CT molecular complexity index is 954. The van der Waals surface area contributed by atoms with Gasteiger partial charge in [0.25, 0.3) is 0 Å². The number of fused-ring (bicyclic) bond motifs is 1. The lowest BCUT2D eigenvalue weighted by molar-refractivity contribution is -0.125. The monoisotopic (exact) mass is 387 g/mol. The fourth-order valence-electron chi connectivity index (χ4n) is 3.24. The topological polar surface area (TPSA) is 93.4 Å². The van der Waals surface area contributed by atoms with Crippen LogP contribution in [0, 0.1) is 12.8 Å². The molecule has 3 heterocycles. The van der Waals surface area contributed by atoms with Crippen LogP contribution in [0.3, 0.4) is 0 Å². The largest absolute Gasteiger partial charge is 0.497 e. The number of aryl methyl sites for hydroxylation is 1. The predicted molar refractivity (Wildman–Crippen MR) is 102 cm³/mol. The first kappa shape index (κ1) is 17.7. The van der Waals surface area contributed by atoms with Gasteiger partial charge in [0.2, 0.25) is 17.7 Å². The zero-order valence-corrected chi connectivity index (χ0v) is 16.1. The molecule has 9 heteroatoms. The van der Waals surface area contributed by atoms with E-state index < -0.39 is 0 Å². The third-order valence-corrected chi connectivity index (χ3v) is 5.71. The molecule has 0 radical (unpaired) electrons. The Kier molecular flexibility index (Phi) is 4.93. The maximum Gasteiger partial charge on any atom is 0.235 e. The van der Waals surface area contributed by atoms with Gasteiger partial charge in [-0.25, -0.2) is 4.98 Å². The van der Waals surface area contributed by atoms with Gasteiger partial charge in [0.05, 0.1) is 29.8 Å². The molecule has 0 spiro atoms. The van der Waals surface area contributed by atoms with E-state index in [2.05, 4.69) is 20.4 Å². The number of nitrogens with one attached hydrogen (secondary N) is 1. The van der Waals surface area contributed by atoms with Crippen molar-refractivity contribution in [1.82, 2.24) is 20.5 Å². The van der Waals surface area contributed by atoms with Crippen molar-refractivity contribution < 1.29 is 13.9 Å². The van der Waals surface area contributed by atoms with Gasteiger partial charge in [-0.3, -0.25) is 4.79 Å². The number of nitrogens with zero attached hydrogens (tertiary/aromatic N) is 4. The van der Waals surface area contributed by atoms with Crippen LogP contribution in [0.15, 0.2) is 22.6 Å². The second kappa shape index (κ2) is 7.51. The number of amides is 1. The average Bonchev–Trinajstić information content (AvgIpc) is 3.31. The average molecular weight is 387 g/mol. The van der Waals surface area contributed by atoms with Crippen LogP contribution in [0.2, 0.25) is 0 Å². The maximum absolute atomic E-state index is 12.5. The molecular weight excluding hydrogens is 366 g/mol. The van der Waals surface area contributed by atoms with Gasteiger partial charge in [-0.2, -0.15) is 0 Å². The Morgan fingerprint density at radius 1 is 1.44 bits per heavy atom. The number of hydrogen-bond donors (Lipinski definition) is 1. The molecule has 1 aliphatic rings. The highest BCUT2D eigenvalue weighted by Gasteiger charge is 2.27. The molecule has 0 aliphatic carbocycles. The minimum Gasteiger partial charge on any atom is -0.497 e. The highest BCUT2D eigenvalue weighted by Crippen LogP contribution is 2.33. The van der Waals surface area contributed by atoms with Crippen molar-refractivity contribution in [3.8, 4) is 5.75 Å². The molecule has 8 nitrogen and oxygen atoms in total. The van der Waals surface area contributed by atoms with Crippen LogP contribution in [0.1, 0.15) is 24.6 Å². The molecule has 0 saturated carbocycles. The third kappa shape index (κ3) is 3.87. The van der Waals surface area contributed by atoms with E-state index in [1.807, 2.05) is 18.2 Å². The van der Waals surface area contributed by atoms with Gasteiger partial charge in [-0.15, -0.1) is 10.2 Å². The van der Waals surface area contributed by atoms with Gasteiger partial charge < -0.3 is 19.4 Å². The van der Waals surface area contributed by atoms with E-state index >= 15 is 0 Å². The van der Waals surface area contributed by atoms with E-state index in [1.165, 1.54) is 0 Å². The van der Waals surface area contributed by atoms with Gasteiger partial charge in [-0.1, -0.05) is 11.3 Å². The first-order valence-corrected chi connectivity index (χ1v) is 9.70. The normalized spacial score (nSPS) is 17.3. The quantitative estimate of drug-likeness (QED) is 0.719. The lowest BCUT2D eigenvalue weighted by atomic mass is 9.97. The number of rotatable bonds is 5. The van der Waals surface area contributed by atoms with Crippen LogP contribution in [0.25, 0.3) is 10.2 Å². The number of ether oxygens (including phenoxy) is 1.